The van der Waals surface area contributed by atoms with Crippen molar-refractivity contribution >= 4 is 10.0 Å². The van der Waals surface area contributed by atoms with Gasteiger partial charge in [-0.15, -0.1) is 0 Å². The van der Waals surface area contributed by atoms with Crippen molar-refractivity contribution in [3.63, 3.8) is 0 Å². The third-order valence-corrected chi connectivity index (χ3v) is 10.9. The van der Waals surface area contributed by atoms with Gasteiger partial charge in [0.05, 0.1) is 10.5 Å². The second kappa shape index (κ2) is 7.52. The van der Waals surface area contributed by atoms with E-state index in [-0.39, 0.29) is 11.3 Å². The molecule has 2 aromatic carbocycles. The molecule has 0 N–H and O–H groups in total. The van der Waals surface area contributed by atoms with E-state index < -0.39 is 21.2 Å². The molecule has 2 aromatic rings. The summed E-state index contributed by atoms with van der Waals surface area (Å²) in [7, 11) is -3.58. The number of aryl methyl sites for hydroxylation is 1. The first-order valence-electron chi connectivity index (χ1n) is 12.7. The third-order valence-electron chi connectivity index (χ3n) is 9.09. The number of nitrogens with zero attached hydrogens (tertiary/aromatic N) is 1. The fourth-order valence-electron chi connectivity index (χ4n) is 7.72. The molecule has 6 rings (SSSR count). The Balaban J connectivity index is 1.51. The Morgan fingerprint density at radius 2 is 1.65 bits per heavy atom. The normalized spacial score (nSPS) is 32.9. The zero-order valence-corrected chi connectivity index (χ0v) is 21.3. The molecule has 2 fully saturated rings. The van der Waals surface area contributed by atoms with Gasteiger partial charge in [-0.3, -0.25) is 0 Å². The molecule has 2 aliphatic heterocycles. The van der Waals surface area contributed by atoms with Gasteiger partial charge in [0.25, 0.3) is 0 Å². The van der Waals surface area contributed by atoms with Crippen molar-refractivity contribution in [2.75, 3.05) is 13.1 Å². The molecule has 0 amide bonds. The fraction of sp³-hybridized carbons (Fsp3) is 0.517. The molecular weight excluding hydrogens is 442 g/mol. The van der Waals surface area contributed by atoms with Gasteiger partial charge in [0.15, 0.2) is 0 Å². The molecule has 180 valence electrons. The maximum absolute atomic E-state index is 13.9. The molecule has 3 atom stereocenters. The highest BCUT2D eigenvalue weighted by Gasteiger charge is 2.75. The van der Waals surface area contributed by atoms with Crippen LogP contribution in [0.5, 0.6) is 0 Å². The van der Waals surface area contributed by atoms with Crippen LogP contribution in [-0.4, -0.2) is 31.4 Å². The summed E-state index contributed by atoms with van der Waals surface area (Å²) in [5.74, 6) is 0.132. The Labute approximate surface area is 204 Å². The van der Waals surface area contributed by atoms with E-state index in [1.54, 1.807) is 16.4 Å². The van der Waals surface area contributed by atoms with Gasteiger partial charge < -0.3 is 4.74 Å². The van der Waals surface area contributed by atoms with E-state index in [2.05, 4.69) is 44.2 Å². The van der Waals surface area contributed by atoms with Gasteiger partial charge in [0.1, 0.15) is 5.60 Å². The maximum atomic E-state index is 13.9. The minimum Gasteiger partial charge on any atom is -0.359 e. The molecule has 0 bridgehead atoms. The van der Waals surface area contributed by atoms with Crippen LogP contribution in [0, 0.1) is 18.3 Å². The van der Waals surface area contributed by atoms with Gasteiger partial charge in [0.2, 0.25) is 10.0 Å². The summed E-state index contributed by atoms with van der Waals surface area (Å²) in [4.78, 5) is 0.394. The van der Waals surface area contributed by atoms with Crippen LogP contribution in [0.3, 0.4) is 0 Å². The summed E-state index contributed by atoms with van der Waals surface area (Å²) in [6.45, 7) is 7.38. The van der Waals surface area contributed by atoms with Gasteiger partial charge in [0, 0.05) is 24.4 Å². The molecule has 2 saturated heterocycles. The van der Waals surface area contributed by atoms with Crippen LogP contribution >= 0.6 is 0 Å². The summed E-state index contributed by atoms with van der Waals surface area (Å²) in [5, 5.41) is 0. The first-order chi connectivity index (χ1) is 16.2. The quantitative estimate of drug-likeness (QED) is 0.512. The first-order valence-corrected chi connectivity index (χ1v) is 14.2. The monoisotopic (exact) mass is 477 g/mol. The SMILES string of the molecule is Cc1ccc(S(=O)(=O)N2C[C@@H]3C(C)(C)O[C@@]4(c5ccccc5)C5=C(CCCCC5)C[C@@]34C2)cc1. The van der Waals surface area contributed by atoms with E-state index in [0.29, 0.717) is 18.0 Å². The fourth-order valence-corrected chi connectivity index (χ4v) is 9.25. The smallest absolute Gasteiger partial charge is 0.243 e. The van der Waals surface area contributed by atoms with E-state index in [1.165, 1.54) is 36.0 Å². The predicted octanol–water partition coefficient (Wildman–Crippen LogP) is 5.97. The molecular formula is C29H35NO3S. The topological polar surface area (TPSA) is 46.6 Å². The Bertz CT molecular complexity index is 1250. The zero-order valence-electron chi connectivity index (χ0n) is 20.5. The van der Waals surface area contributed by atoms with Crippen molar-refractivity contribution in [1.82, 2.24) is 4.31 Å². The number of benzene rings is 2. The van der Waals surface area contributed by atoms with E-state index >= 15 is 0 Å². The molecule has 5 heteroatoms. The van der Waals surface area contributed by atoms with Crippen LogP contribution < -0.4 is 0 Å². The van der Waals surface area contributed by atoms with Crippen molar-refractivity contribution in [3.8, 4) is 0 Å². The lowest BCUT2D eigenvalue weighted by Gasteiger charge is -2.42. The number of allylic oxidation sites excluding steroid dienone is 1. The number of hydrogen-bond acceptors (Lipinski definition) is 3. The van der Waals surface area contributed by atoms with Gasteiger partial charge in [-0.05, 0) is 76.1 Å². The van der Waals surface area contributed by atoms with Crippen LogP contribution in [0.25, 0.3) is 0 Å². The second-order valence-corrected chi connectivity index (χ2v) is 13.3. The highest BCUT2D eigenvalue weighted by molar-refractivity contribution is 7.89. The van der Waals surface area contributed by atoms with Crippen LogP contribution in [0.1, 0.15) is 63.5 Å². The van der Waals surface area contributed by atoms with Gasteiger partial charge in [-0.25, -0.2) is 8.42 Å². The first kappa shape index (κ1) is 22.5. The molecule has 0 unspecified atom stereocenters. The van der Waals surface area contributed by atoms with Crippen molar-refractivity contribution in [2.24, 2.45) is 11.3 Å². The summed E-state index contributed by atoms with van der Waals surface area (Å²) in [6, 6.07) is 18.0. The standard InChI is InChI=1S/C29H35NO3S/c1-21-14-16-24(17-15-21)34(31,32)30-19-26-27(2,3)33-29(23-11-7-5-8-12-23)25-13-9-4-6-10-22(25)18-28(26,29)20-30/h5,7-8,11-12,14-17,26H,4,6,9-10,13,18-20H2,1-3H3/t26-,28-,29+/m1/s1. The average molecular weight is 478 g/mol. The summed E-state index contributed by atoms with van der Waals surface area (Å²) < 4.78 is 36.7. The Morgan fingerprint density at radius 3 is 2.38 bits per heavy atom. The van der Waals surface area contributed by atoms with Crippen LogP contribution in [0.15, 0.2) is 70.6 Å². The van der Waals surface area contributed by atoms with Crippen LogP contribution in [-0.2, 0) is 20.4 Å². The third kappa shape index (κ3) is 2.93. The van der Waals surface area contributed by atoms with Crippen molar-refractivity contribution in [3.05, 3.63) is 76.9 Å². The average Bonchev–Trinajstić information content (AvgIpc) is 3.29. The van der Waals surface area contributed by atoms with E-state index in [9.17, 15) is 8.42 Å². The molecule has 2 heterocycles. The lowest BCUT2D eigenvalue weighted by atomic mass is 9.62. The molecule has 2 aliphatic carbocycles. The molecule has 1 spiro atoms. The number of fused-ring (bicyclic) bond motifs is 1. The maximum Gasteiger partial charge on any atom is 0.243 e. The number of hydrogen-bond donors (Lipinski definition) is 0. The highest BCUT2D eigenvalue weighted by atomic mass is 32.2. The lowest BCUT2D eigenvalue weighted by Crippen LogP contribution is -2.46. The van der Waals surface area contributed by atoms with Crippen LogP contribution in [0.4, 0.5) is 0 Å². The molecule has 4 nitrogen and oxygen atoms in total. The molecule has 34 heavy (non-hydrogen) atoms. The zero-order chi connectivity index (χ0) is 23.8. The molecule has 0 saturated carbocycles. The number of rotatable bonds is 3. The van der Waals surface area contributed by atoms with E-state index in [0.717, 1.165) is 24.8 Å². The largest absolute Gasteiger partial charge is 0.359 e. The van der Waals surface area contributed by atoms with E-state index in [1.807, 2.05) is 19.1 Å². The predicted molar refractivity (Wildman–Crippen MR) is 134 cm³/mol. The van der Waals surface area contributed by atoms with Crippen LogP contribution in [0.2, 0.25) is 0 Å². The van der Waals surface area contributed by atoms with E-state index in [4.69, 9.17) is 4.74 Å². The summed E-state index contributed by atoms with van der Waals surface area (Å²) >= 11 is 0. The lowest BCUT2D eigenvalue weighted by molar-refractivity contribution is -0.101. The van der Waals surface area contributed by atoms with Crippen molar-refractivity contribution < 1.29 is 13.2 Å². The Morgan fingerprint density at radius 1 is 0.941 bits per heavy atom. The molecule has 0 aromatic heterocycles. The minimum atomic E-state index is -3.58. The highest BCUT2D eigenvalue weighted by Crippen LogP contribution is 2.73. The Kier molecular flexibility index (Phi) is 4.98. The molecule has 0 radical (unpaired) electrons. The van der Waals surface area contributed by atoms with Gasteiger partial charge in [-0.2, -0.15) is 4.31 Å². The minimum absolute atomic E-state index is 0.132. The summed E-state index contributed by atoms with van der Waals surface area (Å²) in [6.07, 6.45) is 6.78. The second-order valence-electron chi connectivity index (χ2n) is 11.4. The molecule has 4 aliphatic rings. The van der Waals surface area contributed by atoms with Gasteiger partial charge >= 0.3 is 0 Å². The van der Waals surface area contributed by atoms with Gasteiger partial charge in [-0.1, -0.05) is 60.0 Å². The Hall–Kier alpha value is -1.95. The summed E-state index contributed by atoms with van der Waals surface area (Å²) in [5.41, 5.74) is 4.04. The van der Waals surface area contributed by atoms with Crippen molar-refractivity contribution in [2.45, 2.75) is 75.4 Å². The number of sulfonamides is 1. The van der Waals surface area contributed by atoms with Crippen molar-refractivity contribution in [1.29, 1.82) is 0 Å². The number of ether oxygens (including phenoxy) is 1.